The quantitative estimate of drug-likeness (QED) is 0.543. The number of phenolic OH excluding ortho intramolecular Hbond substituents is 1. The van der Waals surface area contributed by atoms with Crippen LogP contribution in [-0.4, -0.2) is 16.2 Å². The number of aromatic carboxylic acids is 1. The lowest BCUT2D eigenvalue weighted by Crippen LogP contribution is -1.94. The standard InChI is InChI=1S/C21H14O4/c22-18-10-9-17-11-19(25-20(17)12-18)15-5-1-13(2-6-15)14-3-7-16(8-4-14)21(23)24/h1-12,22H,(H,23,24). The second-order valence-corrected chi connectivity index (χ2v) is 5.79. The average Bonchev–Trinajstić information content (AvgIpc) is 3.05. The smallest absolute Gasteiger partial charge is 0.335 e. The van der Waals surface area contributed by atoms with Crippen molar-refractivity contribution in [1.82, 2.24) is 0 Å². The van der Waals surface area contributed by atoms with E-state index in [1.165, 1.54) is 0 Å². The average molecular weight is 330 g/mol. The summed E-state index contributed by atoms with van der Waals surface area (Å²) >= 11 is 0. The molecule has 4 aromatic rings. The number of fused-ring (bicyclic) bond motifs is 1. The second kappa shape index (κ2) is 5.83. The maximum absolute atomic E-state index is 10.9. The van der Waals surface area contributed by atoms with Gasteiger partial charge in [-0.15, -0.1) is 0 Å². The Morgan fingerprint density at radius 2 is 1.36 bits per heavy atom. The van der Waals surface area contributed by atoms with E-state index in [0.717, 1.165) is 27.8 Å². The summed E-state index contributed by atoms with van der Waals surface area (Å²) in [6.45, 7) is 0. The Bertz CT molecular complexity index is 1060. The van der Waals surface area contributed by atoms with Crippen molar-refractivity contribution in [3.8, 4) is 28.2 Å². The van der Waals surface area contributed by atoms with Crippen LogP contribution in [0.4, 0.5) is 0 Å². The molecule has 4 nitrogen and oxygen atoms in total. The molecule has 0 unspecified atom stereocenters. The van der Waals surface area contributed by atoms with E-state index in [9.17, 15) is 9.90 Å². The molecule has 3 aromatic carbocycles. The third-order valence-electron chi connectivity index (χ3n) is 4.14. The molecule has 0 saturated carbocycles. The van der Waals surface area contributed by atoms with Crippen LogP contribution >= 0.6 is 0 Å². The van der Waals surface area contributed by atoms with Crippen LogP contribution in [-0.2, 0) is 0 Å². The van der Waals surface area contributed by atoms with Gasteiger partial charge in [-0.3, -0.25) is 0 Å². The van der Waals surface area contributed by atoms with Gasteiger partial charge in [0.1, 0.15) is 17.1 Å². The Kier molecular flexibility index (Phi) is 3.51. The molecule has 0 atom stereocenters. The number of hydrogen-bond acceptors (Lipinski definition) is 3. The summed E-state index contributed by atoms with van der Waals surface area (Å²) < 4.78 is 5.80. The van der Waals surface area contributed by atoms with Gasteiger partial charge in [0, 0.05) is 17.0 Å². The zero-order valence-corrected chi connectivity index (χ0v) is 13.1. The Balaban J connectivity index is 1.65. The number of phenols is 1. The number of aromatic hydroxyl groups is 1. The number of benzene rings is 3. The van der Waals surface area contributed by atoms with Crippen LogP contribution in [0, 0.1) is 0 Å². The predicted octanol–water partition coefficient (Wildman–Crippen LogP) is 5.17. The lowest BCUT2D eigenvalue weighted by molar-refractivity contribution is 0.0697. The minimum absolute atomic E-state index is 0.175. The van der Waals surface area contributed by atoms with Crippen LogP contribution in [0.2, 0.25) is 0 Å². The highest BCUT2D eigenvalue weighted by atomic mass is 16.4. The Labute approximate surface area is 143 Å². The van der Waals surface area contributed by atoms with Gasteiger partial charge in [0.15, 0.2) is 0 Å². The Morgan fingerprint density at radius 1 is 0.760 bits per heavy atom. The third kappa shape index (κ3) is 2.85. The van der Waals surface area contributed by atoms with E-state index in [0.29, 0.717) is 5.58 Å². The van der Waals surface area contributed by atoms with Crippen LogP contribution < -0.4 is 0 Å². The van der Waals surface area contributed by atoms with Gasteiger partial charge in [0.2, 0.25) is 0 Å². The molecular weight excluding hydrogens is 316 g/mol. The van der Waals surface area contributed by atoms with Gasteiger partial charge in [-0.2, -0.15) is 0 Å². The summed E-state index contributed by atoms with van der Waals surface area (Å²) in [5.41, 5.74) is 3.79. The lowest BCUT2D eigenvalue weighted by Gasteiger charge is -2.04. The number of carbonyl (C=O) groups is 1. The number of hydrogen-bond donors (Lipinski definition) is 2. The van der Waals surface area contributed by atoms with Gasteiger partial charge in [-0.25, -0.2) is 4.79 Å². The van der Waals surface area contributed by atoms with Gasteiger partial charge in [-0.1, -0.05) is 36.4 Å². The minimum Gasteiger partial charge on any atom is -0.508 e. The third-order valence-corrected chi connectivity index (χ3v) is 4.14. The van der Waals surface area contributed by atoms with Crippen molar-refractivity contribution in [2.75, 3.05) is 0 Å². The van der Waals surface area contributed by atoms with Crippen molar-refractivity contribution < 1.29 is 19.4 Å². The first kappa shape index (κ1) is 15.0. The fraction of sp³-hybridized carbons (Fsp3) is 0. The molecule has 0 bridgehead atoms. The summed E-state index contributed by atoms with van der Waals surface area (Å²) in [7, 11) is 0. The molecule has 0 radical (unpaired) electrons. The zero-order valence-electron chi connectivity index (χ0n) is 13.1. The molecule has 4 heteroatoms. The maximum atomic E-state index is 10.9. The van der Waals surface area contributed by atoms with E-state index < -0.39 is 5.97 Å². The number of carboxylic acid groups (broad SMARTS) is 1. The van der Waals surface area contributed by atoms with Crippen molar-refractivity contribution in [2.45, 2.75) is 0 Å². The summed E-state index contributed by atoms with van der Waals surface area (Å²) in [4.78, 5) is 10.9. The van der Waals surface area contributed by atoms with E-state index in [1.54, 1.807) is 36.4 Å². The van der Waals surface area contributed by atoms with E-state index >= 15 is 0 Å². The van der Waals surface area contributed by atoms with Gasteiger partial charge in [0.05, 0.1) is 5.56 Å². The monoisotopic (exact) mass is 330 g/mol. The molecule has 0 amide bonds. The normalized spacial score (nSPS) is 10.9. The molecule has 1 heterocycles. The first-order chi connectivity index (χ1) is 12.1. The first-order valence-corrected chi connectivity index (χ1v) is 7.77. The Morgan fingerprint density at radius 3 is 2.00 bits per heavy atom. The SMILES string of the molecule is O=C(O)c1ccc(-c2ccc(-c3cc4ccc(O)cc4o3)cc2)cc1. The van der Waals surface area contributed by atoms with Crippen molar-refractivity contribution in [3.05, 3.63) is 78.4 Å². The number of furan rings is 1. The zero-order chi connectivity index (χ0) is 17.4. The highest BCUT2D eigenvalue weighted by Gasteiger charge is 2.08. The van der Waals surface area contributed by atoms with Crippen LogP contribution in [0.5, 0.6) is 5.75 Å². The van der Waals surface area contributed by atoms with Crippen LogP contribution in [0.3, 0.4) is 0 Å². The van der Waals surface area contributed by atoms with Crippen molar-refractivity contribution in [3.63, 3.8) is 0 Å². The molecule has 25 heavy (non-hydrogen) atoms. The summed E-state index contributed by atoms with van der Waals surface area (Å²) in [5, 5.41) is 19.4. The molecule has 1 aromatic heterocycles. The minimum atomic E-state index is -0.933. The molecule has 4 rings (SSSR count). The molecule has 0 aliphatic heterocycles. The van der Waals surface area contributed by atoms with Gasteiger partial charge >= 0.3 is 5.97 Å². The van der Waals surface area contributed by atoms with Gasteiger partial charge in [-0.05, 0) is 41.5 Å². The topological polar surface area (TPSA) is 70.7 Å². The van der Waals surface area contributed by atoms with E-state index in [4.69, 9.17) is 9.52 Å². The highest BCUT2D eigenvalue weighted by Crippen LogP contribution is 2.31. The lowest BCUT2D eigenvalue weighted by atomic mass is 10.0. The molecule has 2 N–H and O–H groups in total. The van der Waals surface area contributed by atoms with E-state index in [2.05, 4.69) is 0 Å². The summed E-state index contributed by atoms with van der Waals surface area (Å²) in [6.07, 6.45) is 0. The van der Waals surface area contributed by atoms with Crippen molar-refractivity contribution in [2.24, 2.45) is 0 Å². The Hall–Kier alpha value is -3.53. The molecule has 0 fully saturated rings. The van der Waals surface area contributed by atoms with E-state index in [-0.39, 0.29) is 11.3 Å². The molecule has 0 aliphatic rings. The van der Waals surface area contributed by atoms with Gasteiger partial charge < -0.3 is 14.6 Å². The summed E-state index contributed by atoms with van der Waals surface area (Å²) in [6, 6.07) is 21.6. The first-order valence-electron chi connectivity index (χ1n) is 7.77. The summed E-state index contributed by atoms with van der Waals surface area (Å²) in [5.74, 6) is -0.0280. The molecule has 0 aliphatic carbocycles. The second-order valence-electron chi connectivity index (χ2n) is 5.79. The number of carboxylic acids is 1. The van der Waals surface area contributed by atoms with Crippen LogP contribution in [0.25, 0.3) is 33.4 Å². The fourth-order valence-corrected chi connectivity index (χ4v) is 2.79. The molecule has 0 spiro atoms. The maximum Gasteiger partial charge on any atom is 0.335 e. The number of rotatable bonds is 3. The molecule has 122 valence electrons. The largest absolute Gasteiger partial charge is 0.508 e. The molecular formula is C21H14O4. The van der Waals surface area contributed by atoms with Crippen molar-refractivity contribution in [1.29, 1.82) is 0 Å². The van der Waals surface area contributed by atoms with Crippen LogP contribution in [0.1, 0.15) is 10.4 Å². The predicted molar refractivity (Wildman–Crippen MR) is 95.7 cm³/mol. The van der Waals surface area contributed by atoms with Gasteiger partial charge in [0.25, 0.3) is 0 Å². The van der Waals surface area contributed by atoms with Crippen LogP contribution in [0.15, 0.2) is 77.2 Å². The van der Waals surface area contributed by atoms with E-state index in [1.807, 2.05) is 36.4 Å². The van der Waals surface area contributed by atoms with Crippen molar-refractivity contribution >= 4 is 16.9 Å². The highest BCUT2D eigenvalue weighted by molar-refractivity contribution is 5.88. The molecule has 0 saturated heterocycles. The fourth-order valence-electron chi connectivity index (χ4n) is 2.79.